The van der Waals surface area contributed by atoms with Gasteiger partial charge in [-0.15, -0.1) is 0 Å². The van der Waals surface area contributed by atoms with Crippen molar-refractivity contribution in [1.29, 1.82) is 0 Å². The van der Waals surface area contributed by atoms with Gasteiger partial charge in [0.25, 0.3) is 0 Å². The molecule has 1 aliphatic heterocycles. The lowest BCUT2D eigenvalue weighted by molar-refractivity contribution is 0.243. The summed E-state index contributed by atoms with van der Waals surface area (Å²) in [5.74, 6) is -1.06. The number of anilines is 1. The van der Waals surface area contributed by atoms with E-state index in [4.69, 9.17) is 21.9 Å². The monoisotopic (exact) mass is 461 g/mol. The van der Waals surface area contributed by atoms with E-state index in [1.54, 1.807) is 22.8 Å². The number of fused-ring (bicyclic) bond motifs is 1. The Bertz CT molecular complexity index is 1290. The minimum Gasteiger partial charge on any atom is -0.359 e. The third-order valence-corrected chi connectivity index (χ3v) is 5.85. The lowest BCUT2D eigenvalue weighted by Crippen LogP contribution is -2.50. The second-order valence-electron chi connectivity index (χ2n) is 7.86. The van der Waals surface area contributed by atoms with E-state index in [0.29, 0.717) is 34.5 Å². The molecule has 1 aliphatic rings. The Morgan fingerprint density at radius 1 is 1.16 bits per heavy atom. The first-order valence-corrected chi connectivity index (χ1v) is 10.5. The summed E-state index contributed by atoms with van der Waals surface area (Å²) in [5.41, 5.74) is 7.96. The molecule has 0 bridgehead atoms. The molecule has 1 saturated heterocycles. The van der Waals surface area contributed by atoms with Crippen molar-refractivity contribution in [2.24, 2.45) is 5.73 Å². The predicted octanol–water partition coefficient (Wildman–Crippen LogP) is 4.55. The summed E-state index contributed by atoms with van der Waals surface area (Å²) in [4.78, 5) is 6.32. The minimum absolute atomic E-state index is 0.162. The Balaban J connectivity index is 1.54. The number of alkyl halides is 1. The molecule has 2 N–H and O–H groups in total. The number of benzene rings is 2. The summed E-state index contributed by atoms with van der Waals surface area (Å²) in [5, 5.41) is 4.67. The van der Waals surface area contributed by atoms with Crippen molar-refractivity contribution in [3.8, 4) is 11.3 Å². The van der Waals surface area contributed by atoms with Crippen LogP contribution in [0.25, 0.3) is 22.3 Å². The highest BCUT2D eigenvalue weighted by atomic mass is 35.5. The van der Waals surface area contributed by atoms with Gasteiger partial charge in [0, 0.05) is 41.9 Å². The standard InChI is InChI=1S/C22H19ClF3N5O/c23-13-3-1-2-12(6-13)19-7-14(32-29-19)10-31-21-9-17(26)16(25)8-20(21)28-22(31)30-5-4-15(24)18(27)11-30/h1-3,6-9,15,18H,4-5,10-11,27H2. The molecule has 0 radical (unpaired) electrons. The summed E-state index contributed by atoms with van der Waals surface area (Å²) in [6.45, 7) is 0.780. The van der Waals surface area contributed by atoms with Crippen molar-refractivity contribution in [3.63, 3.8) is 0 Å². The lowest BCUT2D eigenvalue weighted by atomic mass is 10.1. The summed E-state index contributed by atoms with van der Waals surface area (Å²) in [6.07, 6.45) is -0.859. The van der Waals surface area contributed by atoms with Gasteiger partial charge in [-0.25, -0.2) is 18.2 Å². The van der Waals surface area contributed by atoms with Crippen LogP contribution in [-0.2, 0) is 6.54 Å². The highest BCUT2D eigenvalue weighted by Gasteiger charge is 2.30. The molecule has 32 heavy (non-hydrogen) atoms. The van der Waals surface area contributed by atoms with Gasteiger partial charge in [-0.05, 0) is 18.6 Å². The molecule has 0 spiro atoms. The molecule has 5 rings (SSSR count). The van der Waals surface area contributed by atoms with Crippen molar-refractivity contribution in [2.45, 2.75) is 25.2 Å². The quantitative estimate of drug-likeness (QED) is 0.483. The second kappa shape index (κ2) is 8.14. The van der Waals surface area contributed by atoms with E-state index in [1.807, 2.05) is 17.0 Å². The zero-order valence-corrected chi connectivity index (χ0v) is 17.6. The van der Waals surface area contributed by atoms with Gasteiger partial charge in [0.05, 0.1) is 23.6 Å². The smallest absolute Gasteiger partial charge is 0.207 e. The first kappa shape index (κ1) is 20.8. The van der Waals surface area contributed by atoms with Gasteiger partial charge in [0.15, 0.2) is 17.4 Å². The summed E-state index contributed by atoms with van der Waals surface area (Å²) >= 11 is 6.06. The molecule has 166 valence electrons. The van der Waals surface area contributed by atoms with Gasteiger partial charge in [-0.1, -0.05) is 28.9 Å². The zero-order valence-electron chi connectivity index (χ0n) is 16.8. The summed E-state index contributed by atoms with van der Waals surface area (Å²) in [6, 6.07) is 10.4. The number of aromatic nitrogens is 3. The third-order valence-electron chi connectivity index (χ3n) is 5.62. The topological polar surface area (TPSA) is 73.1 Å². The molecular formula is C22H19ClF3N5O. The minimum atomic E-state index is -1.10. The Kier molecular flexibility index (Phi) is 5.30. The number of hydrogen-bond donors (Lipinski definition) is 1. The average Bonchev–Trinajstić information content (AvgIpc) is 3.36. The van der Waals surface area contributed by atoms with E-state index < -0.39 is 23.8 Å². The summed E-state index contributed by atoms with van der Waals surface area (Å²) in [7, 11) is 0. The fourth-order valence-electron chi connectivity index (χ4n) is 3.97. The van der Waals surface area contributed by atoms with Crippen LogP contribution in [0, 0.1) is 11.6 Å². The maximum atomic E-state index is 14.0. The van der Waals surface area contributed by atoms with Crippen LogP contribution in [0.15, 0.2) is 47.0 Å². The van der Waals surface area contributed by atoms with Crippen molar-refractivity contribution in [2.75, 3.05) is 18.0 Å². The van der Waals surface area contributed by atoms with E-state index in [-0.39, 0.29) is 25.0 Å². The van der Waals surface area contributed by atoms with Crippen LogP contribution < -0.4 is 10.6 Å². The van der Waals surface area contributed by atoms with Crippen LogP contribution in [0.1, 0.15) is 12.2 Å². The number of nitrogens with zero attached hydrogens (tertiary/aromatic N) is 4. The van der Waals surface area contributed by atoms with Crippen LogP contribution in [0.4, 0.5) is 19.1 Å². The van der Waals surface area contributed by atoms with Crippen molar-refractivity contribution in [1.82, 2.24) is 14.7 Å². The van der Waals surface area contributed by atoms with Crippen LogP contribution in [0.5, 0.6) is 0 Å². The molecule has 0 saturated carbocycles. The molecule has 2 aromatic carbocycles. The van der Waals surface area contributed by atoms with E-state index in [2.05, 4.69) is 10.1 Å². The number of halogens is 4. The maximum absolute atomic E-state index is 14.0. The van der Waals surface area contributed by atoms with E-state index in [1.165, 1.54) is 0 Å². The second-order valence-corrected chi connectivity index (χ2v) is 8.29. The fourth-order valence-corrected chi connectivity index (χ4v) is 4.16. The molecule has 2 atom stereocenters. The van der Waals surface area contributed by atoms with Crippen molar-refractivity contribution in [3.05, 3.63) is 64.9 Å². The summed E-state index contributed by atoms with van der Waals surface area (Å²) < 4.78 is 49.0. The Morgan fingerprint density at radius 2 is 1.97 bits per heavy atom. The first-order valence-electron chi connectivity index (χ1n) is 10.1. The Morgan fingerprint density at radius 3 is 2.75 bits per heavy atom. The highest BCUT2D eigenvalue weighted by Crippen LogP contribution is 2.29. The Hall–Kier alpha value is -3.04. The van der Waals surface area contributed by atoms with Crippen LogP contribution in [-0.4, -0.2) is 40.0 Å². The van der Waals surface area contributed by atoms with Crippen molar-refractivity contribution >= 4 is 28.6 Å². The molecule has 4 aromatic rings. The molecule has 6 nitrogen and oxygen atoms in total. The maximum Gasteiger partial charge on any atom is 0.207 e. The average molecular weight is 462 g/mol. The highest BCUT2D eigenvalue weighted by molar-refractivity contribution is 6.30. The molecule has 0 aliphatic carbocycles. The van der Waals surface area contributed by atoms with E-state index in [0.717, 1.165) is 17.7 Å². The Labute approximate surface area is 186 Å². The van der Waals surface area contributed by atoms with Crippen molar-refractivity contribution < 1.29 is 17.7 Å². The molecule has 3 heterocycles. The molecule has 2 aromatic heterocycles. The number of imidazole rings is 1. The SMILES string of the molecule is NC1CN(c2nc3cc(F)c(F)cc3n2Cc2cc(-c3cccc(Cl)c3)no2)CCC1F. The fraction of sp³-hybridized carbons (Fsp3) is 0.273. The number of nitrogens with two attached hydrogens (primary N) is 1. The van der Waals surface area contributed by atoms with E-state index >= 15 is 0 Å². The molecule has 10 heteroatoms. The van der Waals surface area contributed by atoms with Gasteiger partial charge in [-0.2, -0.15) is 0 Å². The molecule has 0 amide bonds. The first-order chi connectivity index (χ1) is 15.4. The number of rotatable bonds is 4. The van der Waals surface area contributed by atoms with Gasteiger partial charge in [-0.3, -0.25) is 0 Å². The largest absolute Gasteiger partial charge is 0.359 e. The van der Waals surface area contributed by atoms with Gasteiger partial charge in [0.2, 0.25) is 5.95 Å². The van der Waals surface area contributed by atoms with E-state index in [9.17, 15) is 13.2 Å². The van der Waals surface area contributed by atoms with Gasteiger partial charge in [0.1, 0.15) is 11.9 Å². The number of hydrogen-bond acceptors (Lipinski definition) is 5. The third kappa shape index (κ3) is 3.82. The zero-order chi connectivity index (χ0) is 22.4. The van der Waals surface area contributed by atoms with Crippen LogP contribution in [0.3, 0.4) is 0 Å². The predicted molar refractivity (Wildman–Crippen MR) is 115 cm³/mol. The van der Waals surface area contributed by atoms with Crippen LogP contribution >= 0.6 is 11.6 Å². The normalized spacial score (nSPS) is 19.1. The van der Waals surface area contributed by atoms with Gasteiger partial charge < -0.3 is 19.7 Å². The molecule has 2 unspecified atom stereocenters. The number of piperidine rings is 1. The van der Waals surface area contributed by atoms with Crippen LogP contribution in [0.2, 0.25) is 5.02 Å². The molecular weight excluding hydrogens is 443 g/mol. The van der Waals surface area contributed by atoms with Gasteiger partial charge >= 0.3 is 0 Å². The lowest BCUT2D eigenvalue weighted by Gasteiger charge is -2.34. The molecule has 1 fully saturated rings.